The summed E-state index contributed by atoms with van der Waals surface area (Å²) in [6.07, 6.45) is 4.77. The van der Waals surface area contributed by atoms with Crippen molar-refractivity contribution in [1.29, 1.82) is 0 Å². The second-order valence-corrected chi connectivity index (χ2v) is 6.22. The number of phenolic OH excluding ortho intramolecular Hbond substituents is 1. The molecule has 1 atom stereocenters. The molecule has 1 aromatic rings. The van der Waals surface area contributed by atoms with Crippen LogP contribution in [0.15, 0.2) is 18.2 Å². The summed E-state index contributed by atoms with van der Waals surface area (Å²) < 4.78 is 0. The summed E-state index contributed by atoms with van der Waals surface area (Å²) in [5, 5.41) is 13.6. The molecule has 0 amide bonds. The molecule has 0 aromatic heterocycles. The molecule has 1 heterocycles. The number of piperidine rings is 1. The van der Waals surface area contributed by atoms with Crippen LogP contribution >= 0.6 is 0 Å². The Kier molecular flexibility index (Phi) is 4.27. The first-order valence-electron chi connectivity index (χ1n) is 8.04. The van der Waals surface area contributed by atoms with Gasteiger partial charge < -0.3 is 15.3 Å². The average Bonchev–Trinajstić information content (AvgIpc) is 2.90. The van der Waals surface area contributed by atoms with E-state index in [1.165, 1.54) is 38.0 Å². The summed E-state index contributed by atoms with van der Waals surface area (Å²) in [5.41, 5.74) is 2.47. The Labute approximate surface area is 122 Å². The van der Waals surface area contributed by atoms with Gasteiger partial charge in [0.25, 0.3) is 0 Å². The van der Waals surface area contributed by atoms with Crippen LogP contribution in [0.3, 0.4) is 0 Å². The summed E-state index contributed by atoms with van der Waals surface area (Å²) in [6, 6.07) is 6.39. The van der Waals surface area contributed by atoms with Gasteiger partial charge in [-0.2, -0.15) is 0 Å². The van der Waals surface area contributed by atoms with Crippen LogP contribution < -0.4 is 5.32 Å². The predicted octanol–water partition coefficient (Wildman–Crippen LogP) is 2.70. The standard InChI is InChI=1S/C17H26N2O/c1-2-19-10-8-13(9-11-19)12-18-16-7-6-15-14(16)4-3-5-17(15)20/h3-5,13,16,18,20H,2,6-12H2,1H3. The number of rotatable bonds is 4. The Morgan fingerprint density at radius 3 is 2.80 bits per heavy atom. The molecule has 3 nitrogen and oxygen atoms in total. The number of hydrogen-bond acceptors (Lipinski definition) is 3. The largest absolute Gasteiger partial charge is 0.508 e. The maximum Gasteiger partial charge on any atom is 0.119 e. The average molecular weight is 274 g/mol. The highest BCUT2D eigenvalue weighted by atomic mass is 16.3. The molecular formula is C17H26N2O. The van der Waals surface area contributed by atoms with E-state index in [4.69, 9.17) is 0 Å². The minimum absolute atomic E-state index is 0.446. The highest BCUT2D eigenvalue weighted by Gasteiger charge is 2.25. The van der Waals surface area contributed by atoms with Gasteiger partial charge in [0.1, 0.15) is 5.75 Å². The lowest BCUT2D eigenvalue weighted by Crippen LogP contribution is -2.37. The van der Waals surface area contributed by atoms with Crippen molar-refractivity contribution in [2.45, 2.75) is 38.6 Å². The Morgan fingerprint density at radius 2 is 2.05 bits per heavy atom. The van der Waals surface area contributed by atoms with Gasteiger partial charge in [-0.15, -0.1) is 0 Å². The molecule has 0 saturated carbocycles. The normalized spacial score (nSPS) is 23.9. The van der Waals surface area contributed by atoms with Crippen molar-refractivity contribution in [3.8, 4) is 5.75 Å². The maximum absolute atomic E-state index is 9.89. The number of nitrogens with zero attached hydrogens (tertiary/aromatic N) is 1. The van der Waals surface area contributed by atoms with E-state index in [1.807, 2.05) is 12.1 Å². The Morgan fingerprint density at radius 1 is 1.25 bits per heavy atom. The number of likely N-dealkylation sites (tertiary alicyclic amines) is 1. The van der Waals surface area contributed by atoms with E-state index in [-0.39, 0.29) is 0 Å². The number of benzene rings is 1. The highest BCUT2D eigenvalue weighted by Crippen LogP contribution is 2.36. The molecule has 0 spiro atoms. The molecule has 110 valence electrons. The van der Waals surface area contributed by atoms with Gasteiger partial charge in [-0.05, 0) is 75.0 Å². The second kappa shape index (κ2) is 6.15. The molecule has 3 heteroatoms. The first-order valence-corrected chi connectivity index (χ1v) is 8.04. The van der Waals surface area contributed by atoms with Crippen molar-refractivity contribution < 1.29 is 5.11 Å². The van der Waals surface area contributed by atoms with Gasteiger partial charge in [0.2, 0.25) is 0 Å². The molecule has 1 saturated heterocycles. The van der Waals surface area contributed by atoms with Crippen molar-refractivity contribution in [2.24, 2.45) is 5.92 Å². The molecular weight excluding hydrogens is 248 g/mol. The van der Waals surface area contributed by atoms with Gasteiger partial charge in [-0.1, -0.05) is 19.1 Å². The molecule has 1 aliphatic heterocycles. The fraction of sp³-hybridized carbons (Fsp3) is 0.647. The smallest absolute Gasteiger partial charge is 0.119 e. The lowest BCUT2D eigenvalue weighted by molar-refractivity contribution is 0.187. The van der Waals surface area contributed by atoms with Crippen molar-refractivity contribution in [3.05, 3.63) is 29.3 Å². The molecule has 3 rings (SSSR count). The van der Waals surface area contributed by atoms with Gasteiger partial charge in [0.15, 0.2) is 0 Å². The summed E-state index contributed by atoms with van der Waals surface area (Å²) in [4.78, 5) is 2.54. The number of nitrogens with one attached hydrogen (secondary N) is 1. The molecule has 1 aromatic carbocycles. The Bertz CT molecular complexity index is 452. The minimum Gasteiger partial charge on any atom is -0.508 e. The molecule has 2 N–H and O–H groups in total. The van der Waals surface area contributed by atoms with Crippen molar-refractivity contribution in [1.82, 2.24) is 10.2 Å². The van der Waals surface area contributed by atoms with Crippen molar-refractivity contribution >= 4 is 0 Å². The SMILES string of the molecule is CCN1CCC(CNC2CCc3c(O)cccc32)CC1. The van der Waals surface area contributed by atoms with Gasteiger partial charge in [0, 0.05) is 6.04 Å². The Hall–Kier alpha value is -1.06. The first-order chi connectivity index (χ1) is 9.78. The third kappa shape index (κ3) is 2.84. The number of hydrogen-bond donors (Lipinski definition) is 2. The Balaban J connectivity index is 1.53. The van der Waals surface area contributed by atoms with Crippen LogP contribution in [0.25, 0.3) is 0 Å². The summed E-state index contributed by atoms with van der Waals surface area (Å²) in [5.74, 6) is 1.29. The van der Waals surface area contributed by atoms with Crippen LogP contribution in [-0.2, 0) is 6.42 Å². The zero-order chi connectivity index (χ0) is 13.9. The predicted molar refractivity (Wildman–Crippen MR) is 82.0 cm³/mol. The zero-order valence-corrected chi connectivity index (χ0v) is 12.4. The molecule has 1 aliphatic carbocycles. The first kappa shape index (κ1) is 13.9. The number of aromatic hydroxyl groups is 1. The fourth-order valence-electron chi connectivity index (χ4n) is 3.66. The molecule has 0 radical (unpaired) electrons. The van der Waals surface area contributed by atoms with Crippen molar-refractivity contribution in [2.75, 3.05) is 26.2 Å². The van der Waals surface area contributed by atoms with E-state index in [9.17, 15) is 5.11 Å². The quantitative estimate of drug-likeness (QED) is 0.886. The molecule has 1 fully saturated rings. The third-order valence-corrected chi connectivity index (χ3v) is 5.05. The van der Waals surface area contributed by atoms with Crippen molar-refractivity contribution in [3.63, 3.8) is 0 Å². The summed E-state index contributed by atoms with van der Waals surface area (Å²) in [6.45, 7) is 7.07. The van der Waals surface area contributed by atoms with Crippen LogP contribution in [-0.4, -0.2) is 36.2 Å². The van der Waals surface area contributed by atoms with E-state index in [0.29, 0.717) is 11.8 Å². The monoisotopic (exact) mass is 274 g/mol. The van der Waals surface area contributed by atoms with E-state index < -0.39 is 0 Å². The van der Waals surface area contributed by atoms with E-state index in [2.05, 4.69) is 23.2 Å². The number of fused-ring (bicyclic) bond motifs is 1. The van der Waals surface area contributed by atoms with Gasteiger partial charge in [-0.3, -0.25) is 0 Å². The highest BCUT2D eigenvalue weighted by molar-refractivity contribution is 5.44. The van der Waals surface area contributed by atoms with Crippen LogP contribution in [0.1, 0.15) is 43.4 Å². The second-order valence-electron chi connectivity index (χ2n) is 6.22. The van der Waals surface area contributed by atoms with Crippen LogP contribution in [0.5, 0.6) is 5.75 Å². The van der Waals surface area contributed by atoms with Crippen LogP contribution in [0.4, 0.5) is 0 Å². The molecule has 2 aliphatic rings. The van der Waals surface area contributed by atoms with E-state index >= 15 is 0 Å². The lowest BCUT2D eigenvalue weighted by Gasteiger charge is -2.31. The third-order valence-electron chi connectivity index (χ3n) is 5.05. The summed E-state index contributed by atoms with van der Waals surface area (Å²) in [7, 11) is 0. The zero-order valence-electron chi connectivity index (χ0n) is 12.4. The number of phenols is 1. The van der Waals surface area contributed by atoms with Gasteiger partial charge in [0.05, 0.1) is 0 Å². The maximum atomic E-state index is 9.89. The summed E-state index contributed by atoms with van der Waals surface area (Å²) >= 11 is 0. The lowest BCUT2D eigenvalue weighted by atomic mass is 9.96. The topological polar surface area (TPSA) is 35.5 Å². The minimum atomic E-state index is 0.446. The fourth-order valence-corrected chi connectivity index (χ4v) is 3.66. The molecule has 0 bridgehead atoms. The van der Waals surface area contributed by atoms with Crippen LogP contribution in [0, 0.1) is 5.92 Å². The van der Waals surface area contributed by atoms with Gasteiger partial charge >= 0.3 is 0 Å². The van der Waals surface area contributed by atoms with Gasteiger partial charge in [-0.25, -0.2) is 0 Å². The molecule has 1 unspecified atom stereocenters. The van der Waals surface area contributed by atoms with Crippen LogP contribution in [0.2, 0.25) is 0 Å². The van der Waals surface area contributed by atoms with E-state index in [1.54, 1.807) is 0 Å². The van der Waals surface area contributed by atoms with E-state index in [0.717, 1.165) is 30.9 Å². The molecule has 20 heavy (non-hydrogen) atoms.